The molecular weight excluding hydrogens is 568 g/mol. The van der Waals surface area contributed by atoms with Crippen LogP contribution in [0.3, 0.4) is 0 Å². The Kier molecular flexibility index (Phi) is 7.53. The standard InChI is InChI=1S/C19H23FN7O10PS/c20-8-3-26(19(31)24-15(8)30)17-10(29)1-7(36-17)4-34-38(32,33)35-5-11-9(28)2-12(37-11)27-6-22-13-14(27)23-18(21)25-16(13)39/h3,6-7,9-12,17,28-29H,1-2,4-5H2,(H,32,33)(H,24,30,31)(H3,21,23,25,39)/t7-,9+,10-,11+,12+,17+/m0/s1. The third-order valence-corrected chi connectivity index (χ3v) is 7.40. The topological polar surface area (TPSA) is 242 Å². The van der Waals surface area contributed by atoms with E-state index in [1.54, 1.807) is 9.55 Å². The lowest BCUT2D eigenvalue weighted by Gasteiger charge is -2.20. The molecule has 0 aromatic carbocycles. The van der Waals surface area contributed by atoms with Crippen LogP contribution in [0.25, 0.3) is 11.2 Å². The Hall–Kier alpha value is -2.87. The fourth-order valence-electron chi connectivity index (χ4n) is 4.33. The number of aromatic amines is 2. The van der Waals surface area contributed by atoms with Gasteiger partial charge in [0.05, 0.1) is 37.9 Å². The van der Waals surface area contributed by atoms with Gasteiger partial charge in [-0.05, 0) is 0 Å². The molecule has 5 heterocycles. The molecule has 20 heteroatoms. The summed E-state index contributed by atoms with van der Waals surface area (Å²) in [6, 6.07) is 0. The van der Waals surface area contributed by atoms with Crippen molar-refractivity contribution < 1.29 is 42.6 Å². The molecule has 1 unspecified atom stereocenters. The lowest BCUT2D eigenvalue weighted by Crippen LogP contribution is -2.36. The lowest BCUT2D eigenvalue weighted by atomic mass is 10.2. The summed E-state index contributed by atoms with van der Waals surface area (Å²) in [5, 5.41) is 20.6. The Morgan fingerprint density at radius 2 is 1.92 bits per heavy atom. The molecular formula is C19H23FN7O10PS. The predicted molar refractivity (Wildman–Crippen MR) is 129 cm³/mol. The number of aliphatic hydroxyl groups is 2. The number of rotatable bonds is 8. The van der Waals surface area contributed by atoms with Gasteiger partial charge in [-0.2, -0.15) is 4.39 Å². The van der Waals surface area contributed by atoms with Crippen molar-refractivity contribution in [1.82, 2.24) is 29.1 Å². The molecule has 0 saturated carbocycles. The highest BCUT2D eigenvalue weighted by molar-refractivity contribution is 7.71. The Balaban J connectivity index is 1.16. The van der Waals surface area contributed by atoms with Gasteiger partial charge in [0.2, 0.25) is 5.82 Å². The van der Waals surface area contributed by atoms with E-state index in [4.69, 9.17) is 36.5 Å². The fraction of sp³-hybridized carbons (Fsp3) is 0.526. The zero-order chi connectivity index (χ0) is 28.1. The summed E-state index contributed by atoms with van der Waals surface area (Å²) >= 11 is 5.14. The van der Waals surface area contributed by atoms with E-state index in [0.717, 1.165) is 0 Å². The van der Waals surface area contributed by atoms with Crippen LogP contribution in [-0.2, 0) is 23.1 Å². The minimum Gasteiger partial charge on any atom is -0.390 e. The van der Waals surface area contributed by atoms with E-state index < -0.39 is 75.0 Å². The van der Waals surface area contributed by atoms with Crippen LogP contribution in [0.2, 0.25) is 0 Å². The molecule has 2 fully saturated rings. The van der Waals surface area contributed by atoms with Gasteiger partial charge in [0.1, 0.15) is 29.6 Å². The number of imidazole rings is 1. The molecule has 212 valence electrons. The molecule has 5 rings (SSSR count). The van der Waals surface area contributed by atoms with Gasteiger partial charge in [0.15, 0.2) is 16.8 Å². The van der Waals surface area contributed by atoms with E-state index in [9.17, 15) is 33.7 Å². The van der Waals surface area contributed by atoms with Crippen LogP contribution >= 0.6 is 20.0 Å². The van der Waals surface area contributed by atoms with Crippen molar-refractivity contribution >= 4 is 37.2 Å². The Morgan fingerprint density at radius 3 is 2.69 bits per heavy atom. The number of nitrogen functional groups attached to an aromatic ring is 1. The van der Waals surface area contributed by atoms with E-state index in [2.05, 4.69) is 15.0 Å². The van der Waals surface area contributed by atoms with Crippen LogP contribution < -0.4 is 17.0 Å². The number of H-pyrrole nitrogens is 2. The number of nitrogens with two attached hydrogens (primary N) is 1. The quantitative estimate of drug-likeness (QED) is 0.139. The average Bonchev–Trinajstić information content (AvgIpc) is 3.55. The van der Waals surface area contributed by atoms with Gasteiger partial charge in [0.25, 0.3) is 5.56 Å². The number of ether oxygens (including phenoxy) is 2. The first-order valence-corrected chi connectivity index (χ1v) is 13.3. The van der Waals surface area contributed by atoms with Crippen LogP contribution in [0.1, 0.15) is 25.3 Å². The summed E-state index contributed by atoms with van der Waals surface area (Å²) in [6.07, 6.45) is -4.47. The maximum absolute atomic E-state index is 13.6. The molecule has 0 amide bonds. The van der Waals surface area contributed by atoms with Crippen LogP contribution in [-0.4, -0.2) is 81.8 Å². The number of aliphatic hydroxyl groups excluding tert-OH is 2. The second-order valence-corrected chi connectivity index (χ2v) is 10.7. The van der Waals surface area contributed by atoms with Crippen molar-refractivity contribution in [3.05, 3.63) is 43.8 Å². The SMILES string of the molecule is Nc1nc(=S)c2ncn([C@H]3C[C@@H](O)[C@@H](COP(=O)(O)OC[C@@H]4C[C@H](O)[C@H](n5cc(F)c(=O)[nH]c5=O)O4)O3)c2[nH]1. The van der Waals surface area contributed by atoms with E-state index in [0.29, 0.717) is 21.9 Å². The van der Waals surface area contributed by atoms with Crippen molar-refractivity contribution in [3.63, 3.8) is 0 Å². The number of halogens is 1. The number of phosphoric acid groups is 1. The second-order valence-electron chi connectivity index (χ2n) is 8.86. The first-order valence-electron chi connectivity index (χ1n) is 11.4. The molecule has 0 radical (unpaired) electrons. The Bertz CT molecular complexity index is 1610. The number of aromatic nitrogens is 6. The van der Waals surface area contributed by atoms with Crippen molar-refractivity contribution in [2.45, 2.75) is 49.7 Å². The maximum atomic E-state index is 13.6. The van der Waals surface area contributed by atoms with Crippen molar-refractivity contribution in [3.8, 4) is 0 Å². The number of fused-ring (bicyclic) bond motifs is 1. The molecule has 17 nitrogen and oxygen atoms in total. The average molecular weight is 591 g/mol. The number of nitrogens with zero attached hydrogens (tertiary/aromatic N) is 4. The van der Waals surface area contributed by atoms with Gasteiger partial charge in [-0.15, -0.1) is 0 Å². The Morgan fingerprint density at radius 1 is 1.18 bits per heavy atom. The molecule has 2 saturated heterocycles. The molecule has 2 aliphatic rings. The zero-order valence-electron chi connectivity index (χ0n) is 19.7. The number of nitrogens with one attached hydrogen (secondary N) is 2. The second kappa shape index (κ2) is 10.6. The van der Waals surface area contributed by atoms with Crippen molar-refractivity contribution in [1.29, 1.82) is 0 Å². The largest absolute Gasteiger partial charge is 0.472 e. The van der Waals surface area contributed by atoms with Crippen LogP contribution in [0.4, 0.5) is 10.3 Å². The van der Waals surface area contributed by atoms with Gasteiger partial charge in [-0.1, -0.05) is 12.2 Å². The van der Waals surface area contributed by atoms with Gasteiger partial charge in [-0.3, -0.25) is 28.0 Å². The van der Waals surface area contributed by atoms with Crippen molar-refractivity contribution in [2.75, 3.05) is 18.9 Å². The van der Waals surface area contributed by atoms with E-state index >= 15 is 0 Å². The van der Waals surface area contributed by atoms with E-state index in [1.165, 1.54) is 6.33 Å². The molecule has 2 aliphatic heterocycles. The molecule has 0 spiro atoms. The predicted octanol–water partition coefficient (Wildman–Crippen LogP) is -0.809. The van der Waals surface area contributed by atoms with Crippen molar-refractivity contribution in [2.24, 2.45) is 0 Å². The Labute approximate surface area is 221 Å². The highest BCUT2D eigenvalue weighted by atomic mass is 32.1. The summed E-state index contributed by atoms with van der Waals surface area (Å²) in [5.41, 5.74) is 4.28. The van der Waals surface area contributed by atoms with E-state index in [1.807, 2.05) is 0 Å². The molecule has 3 aromatic heterocycles. The first-order chi connectivity index (χ1) is 18.4. The minimum atomic E-state index is -4.68. The van der Waals surface area contributed by atoms with Gasteiger partial charge < -0.3 is 35.3 Å². The zero-order valence-corrected chi connectivity index (χ0v) is 21.5. The number of hydrogen-bond acceptors (Lipinski definition) is 13. The minimum absolute atomic E-state index is 0.0639. The monoisotopic (exact) mass is 591 g/mol. The van der Waals surface area contributed by atoms with Gasteiger partial charge in [-0.25, -0.2) is 19.3 Å². The molecule has 0 aliphatic carbocycles. The summed E-state index contributed by atoms with van der Waals surface area (Å²) in [5.74, 6) is -1.20. The smallest absolute Gasteiger partial charge is 0.390 e. The molecule has 0 bridgehead atoms. The maximum Gasteiger partial charge on any atom is 0.472 e. The summed E-state index contributed by atoms with van der Waals surface area (Å²) in [4.78, 5) is 45.9. The lowest BCUT2D eigenvalue weighted by molar-refractivity contribution is -0.0592. The third kappa shape index (κ3) is 5.72. The highest BCUT2D eigenvalue weighted by Crippen LogP contribution is 2.45. The van der Waals surface area contributed by atoms with E-state index in [-0.39, 0.29) is 23.4 Å². The summed E-state index contributed by atoms with van der Waals surface area (Å²) in [6.45, 7) is -1.05. The van der Waals surface area contributed by atoms with Gasteiger partial charge in [0, 0.05) is 12.8 Å². The third-order valence-electron chi connectivity index (χ3n) is 6.17. The van der Waals surface area contributed by atoms with Crippen LogP contribution in [0, 0.1) is 10.5 Å². The summed E-state index contributed by atoms with van der Waals surface area (Å²) < 4.78 is 49.6. The first kappa shape index (κ1) is 27.7. The molecule has 3 aromatic rings. The number of phosphoric ester groups is 1. The van der Waals surface area contributed by atoms with Gasteiger partial charge >= 0.3 is 13.5 Å². The normalized spacial score (nSPS) is 28.7. The number of hydrogen-bond donors (Lipinski definition) is 6. The van der Waals surface area contributed by atoms with Crippen LogP contribution in [0.15, 0.2) is 22.1 Å². The summed E-state index contributed by atoms with van der Waals surface area (Å²) in [7, 11) is -4.68. The molecule has 7 N–H and O–H groups in total. The van der Waals surface area contributed by atoms with Crippen LogP contribution in [0.5, 0.6) is 0 Å². The number of anilines is 1. The molecule has 39 heavy (non-hydrogen) atoms. The molecule has 7 atom stereocenters. The fourth-order valence-corrected chi connectivity index (χ4v) is 5.34. The highest BCUT2D eigenvalue weighted by Gasteiger charge is 2.40.